The number of esters is 1. The van der Waals surface area contributed by atoms with E-state index in [1.165, 1.54) is 15.9 Å². The Bertz CT molecular complexity index is 1510. The minimum absolute atomic E-state index is 0.00873. The van der Waals surface area contributed by atoms with E-state index in [9.17, 15) is 28.8 Å². The fraction of sp³-hybridized carbons (Fsp3) is 0.469. The zero-order chi connectivity index (χ0) is 32.1. The van der Waals surface area contributed by atoms with Gasteiger partial charge in [-0.2, -0.15) is 0 Å². The molecule has 1 aromatic carbocycles. The third kappa shape index (κ3) is 7.16. The van der Waals surface area contributed by atoms with Crippen LogP contribution in [0.25, 0.3) is 0 Å². The van der Waals surface area contributed by atoms with E-state index in [4.69, 9.17) is 16.3 Å². The number of carbonyl (C=O) groups is 6. The second-order valence-corrected chi connectivity index (χ2v) is 11.8. The number of fused-ring (bicyclic) bond motifs is 1. The number of ether oxygens (including phenoxy) is 1. The SMILES string of the molecule is CCOC(=O)c1cccc(C(C(=O)NC2CCCC2)N(Cc2ccc3c(c2)C(=O)N(C2CCC(=O)NC2=O)C3)C(=O)CCCl)n1. The van der Waals surface area contributed by atoms with E-state index in [2.05, 4.69) is 15.6 Å². The normalized spacial score (nSPS) is 18.8. The lowest BCUT2D eigenvalue weighted by Crippen LogP contribution is -2.52. The van der Waals surface area contributed by atoms with Gasteiger partial charge < -0.3 is 19.9 Å². The van der Waals surface area contributed by atoms with Crippen LogP contribution in [0.1, 0.15) is 95.6 Å². The molecule has 1 saturated carbocycles. The maximum Gasteiger partial charge on any atom is 0.356 e. The number of hydrogen-bond acceptors (Lipinski definition) is 8. The quantitative estimate of drug-likeness (QED) is 0.217. The van der Waals surface area contributed by atoms with E-state index in [1.54, 1.807) is 37.3 Å². The van der Waals surface area contributed by atoms with Gasteiger partial charge in [-0.05, 0) is 55.5 Å². The molecule has 1 aliphatic carbocycles. The average Bonchev–Trinajstić information content (AvgIpc) is 3.64. The van der Waals surface area contributed by atoms with Crippen molar-refractivity contribution in [1.82, 2.24) is 25.4 Å². The Labute approximate surface area is 265 Å². The molecule has 2 aromatic rings. The smallest absolute Gasteiger partial charge is 0.356 e. The molecule has 5 amide bonds. The van der Waals surface area contributed by atoms with Crippen molar-refractivity contribution in [3.05, 3.63) is 64.5 Å². The predicted octanol–water partition coefficient (Wildman–Crippen LogP) is 2.78. The first-order valence-electron chi connectivity index (χ1n) is 15.3. The fourth-order valence-electron chi connectivity index (χ4n) is 6.15. The highest BCUT2D eigenvalue weighted by Gasteiger charge is 2.40. The lowest BCUT2D eigenvalue weighted by atomic mass is 10.0. The molecule has 238 valence electrons. The summed E-state index contributed by atoms with van der Waals surface area (Å²) in [6.45, 7) is 1.99. The Balaban J connectivity index is 1.47. The number of hydrogen-bond donors (Lipinski definition) is 2. The molecule has 0 bridgehead atoms. The van der Waals surface area contributed by atoms with Gasteiger partial charge in [-0.1, -0.05) is 31.0 Å². The Hall–Kier alpha value is -4.32. The summed E-state index contributed by atoms with van der Waals surface area (Å²) in [6.07, 6.45) is 3.95. The van der Waals surface area contributed by atoms with Crippen LogP contribution >= 0.6 is 11.6 Å². The number of benzene rings is 1. The van der Waals surface area contributed by atoms with Gasteiger partial charge >= 0.3 is 5.97 Å². The van der Waals surface area contributed by atoms with Gasteiger partial charge in [0.25, 0.3) is 5.91 Å². The van der Waals surface area contributed by atoms with Crippen molar-refractivity contribution in [3.63, 3.8) is 0 Å². The largest absolute Gasteiger partial charge is 0.461 e. The maximum atomic E-state index is 13.9. The average molecular weight is 638 g/mol. The molecule has 12 nitrogen and oxygen atoms in total. The number of pyridine rings is 1. The van der Waals surface area contributed by atoms with E-state index in [1.807, 2.05) is 0 Å². The van der Waals surface area contributed by atoms with Crippen LogP contribution in [-0.2, 0) is 37.0 Å². The number of piperidine rings is 1. The third-order valence-corrected chi connectivity index (χ3v) is 8.56. The van der Waals surface area contributed by atoms with Gasteiger partial charge in [-0.3, -0.25) is 29.3 Å². The number of halogens is 1. The standard InChI is InChI=1S/C32H36ClN5O7/c1-2-45-32(44)24-9-5-8-23(35-24)28(30(42)34-21-6-3-4-7-21)38(27(40)14-15-33)17-19-10-11-20-18-37(31(43)22(20)16-19)25-12-13-26(39)36-29(25)41/h5,8-11,16,21,25,28H,2-4,6-7,12-15,17-18H2,1H3,(H,34,42)(H,36,39,41). The van der Waals surface area contributed by atoms with Crippen LogP contribution in [0.3, 0.4) is 0 Å². The van der Waals surface area contributed by atoms with Gasteiger partial charge in [-0.15, -0.1) is 11.6 Å². The number of alkyl halides is 1. The highest BCUT2D eigenvalue weighted by molar-refractivity contribution is 6.19. The molecular weight excluding hydrogens is 602 g/mol. The molecule has 2 atom stereocenters. The summed E-state index contributed by atoms with van der Waals surface area (Å²) in [5.74, 6) is -2.68. The second kappa shape index (κ2) is 14.2. The van der Waals surface area contributed by atoms with Gasteiger partial charge in [-0.25, -0.2) is 9.78 Å². The van der Waals surface area contributed by atoms with Crippen LogP contribution in [0.2, 0.25) is 0 Å². The van der Waals surface area contributed by atoms with Crippen LogP contribution in [0.5, 0.6) is 0 Å². The van der Waals surface area contributed by atoms with Crippen LogP contribution in [0.4, 0.5) is 0 Å². The van der Waals surface area contributed by atoms with Crippen molar-refractivity contribution in [2.75, 3.05) is 12.5 Å². The molecule has 0 spiro atoms. The summed E-state index contributed by atoms with van der Waals surface area (Å²) in [4.78, 5) is 85.0. The van der Waals surface area contributed by atoms with Crippen LogP contribution in [-0.4, -0.2) is 74.9 Å². The molecule has 3 heterocycles. The van der Waals surface area contributed by atoms with Gasteiger partial charge in [0.05, 0.1) is 12.3 Å². The minimum Gasteiger partial charge on any atom is -0.461 e. The Morgan fingerprint density at radius 2 is 1.91 bits per heavy atom. The first-order chi connectivity index (χ1) is 21.7. The molecule has 0 radical (unpaired) electrons. The molecule has 2 aliphatic heterocycles. The Kier molecular flexibility index (Phi) is 10.1. The molecule has 2 unspecified atom stereocenters. The highest BCUT2D eigenvalue weighted by atomic mass is 35.5. The number of nitrogens with one attached hydrogen (secondary N) is 2. The topological polar surface area (TPSA) is 155 Å². The van der Waals surface area contributed by atoms with Gasteiger partial charge in [0.1, 0.15) is 11.7 Å². The summed E-state index contributed by atoms with van der Waals surface area (Å²) in [5, 5.41) is 5.37. The molecular formula is C32H36ClN5O7. The summed E-state index contributed by atoms with van der Waals surface area (Å²) in [6, 6.07) is 7.88. The van der Waals surface area contributed by atoms with E-state index in [0.717, 1.165) is 25.7 Å². The van der Waals surface area contributed by atoms with Crippen LogP contribution in [0, 0.1) is 0 Å². The number of nitrogens with zero attached hydrogens (tertiary/aromatic N) is 3. The minimum atomic E-state index is -1.19. The van der Waals surface area contributed by atoms with Crippen molar-refractivity contribution in [2.45, 2.75) is 83.1 Å². The lowest BCUT2D eigenvalue weighted by molar-refractivity contribution is -0.141. The van der Waals surface area contributed by atoms with E-state index in [-0.39, 0.29) is 74.1 Å². The van der Waals surface area contributed by atoms with Crippen molar-refractivity contribution in [1.29, 1.82) is 0 Å². The summed E-state index contributed by atoms with van der Waals surface area (Å²) in [5.41, 5.74) is 1.88. The van der Waals surface area contributed by atoms with E-state index < -0.39 is 35.8 Å². The second-order valence-electron chi connectivity index (χ2n) is 11.4. The number of aromatic nitrogens is 1. The third-order valence-electron chi connectivity index (χ3n) is 8.37. The van der Waals surface area contributed by atoms with Gasteiger partial charge in [0, 0.05) is 43.4 Å². The first kappa shape index (κ1) is 32.1. The highest BCUT2D eigenvalue weighted by Crippen LogP contribution is 2.31. The van der Waals surface area contributed by atoms with E-state index in [0.29, 0.717) is 16.7 Å². The summed E-state index contributed by atoms with van der Waals surface area (Å²) < 4.78 is 5.11. The van der Waals surface area contributed by atoms with Gasteiger partial charge in [0.15, 0.2) is 6.04 Å². The Morgan fingerprint density at radius 1 is 1.13 bits per heavy atom. The molecule has 1 saturated heterocycles. The van der Waals surface area contributed by atoms with Gasteiger partial charge in [0.2, 0.25) is 23.6 Å². The first-order valence-corrected chi connectivity index (χ1v) is 15.8. The molecule has 1 aromatic heterocycles. The number of rotatable bonds is 11. The van der Waals surface area contributed by atoms with Crippen molar-refractivity contribution in [2.24, 2.45) is 0 Å². The Morgan fingerprint density at radius 3 is 2.62 bits per heavy atom. The van der Waals surface area contributed by atoms with Crippen molar-refractivity contribution >= 4 is 47.1 Å². The fourth-order valence-corrected chi connectivity index (χ4v) is 6.31. The molecule has 2 fully saturated rings. The van der Waals surface area contributed by atoms with Crippen LogP contribution in [0.15, 0.2) is 36.4 Å². The van der Waals surface area contributed by atoms with Crippen LogP contribution < -0.4 is 10.6 Å². The monoisotopic (exact) mass is 637 g/mol. The lowest BCUT2D eigenvalue weighted by Gasteiger charge is -2.32. The maximum absolute atomic E-state index is 13.9. The van der Waals surface area contributed by atoms with Crippen molar-refractivity contribution in [3.8, 4) is 0 Å². The molecule has 2 N–H and O–H groups in total. The van der Waals surface area contributed by atoms with E-state index >= 15 is 0 Å². The predicted molar refractivity (Wildman–Crippen MR) is 162 cm³/mol. The number of carbonyl (C=O) groups excluding carboxylic acids is 6. The summed E-state index contributed by atoms with van der Waals surface area (Å²) in [7, 11) is 0. The number of amides is 5. The summed E-state index contributed by atoms with van der Waals surface area (Å²) >= 11 is 5.99. The molecule has 45 heavy (non-hydrogen) atoms. The zero-order valence-corrected chi connectivity index (χ0v) is 25.8. The molecule has 13 heteroatoms. The molecule has 5 rings (SSSR count). The zero-order valence-electron chi connectivity index (χ0n) is 25.1. The molecule has 3 aliphatic rings. The van der Waals surface area contributed by atoms with Crippen molar-refractivity contribution < 1.29 is 33.5 Å². The number of imide groups is 1.